The molecule has 0 bridgehead atoms. The number of morpholine rings is 1. The molecule has 0 aliphatic carbocycles. The van der Waals surface area contributed by atoms with Crippen LogP contribution in [0.3, 0.4) is 0 Å². The van der Waals surface area contributed by atoms with Crippen molar-refractivity contribution in [1.29, 1.82) is 0 Å². The number of rotatable bonds is 5. The van der Waals surface area contributed by atoms with Crippen molar-refractivity contribution in [3.8, 4) is 11.6 Å². The summed E-state index contributed by atoms with van der Waals surface area (Å²) in [5.41, 5.74) is 4.64. The Bertz CT molecular complexity index is 1400. The fourth-order valence-corrected chi connectivity index (χ4v) is 4.20. The van der Waals surface area contributed by atoms with Crippen molar-refractivity contribution >= 4 is 29.0 Å². The minimum atomic E-state index is -0.974. The van der Waals surface area contributed by atoms with E-state index in [4.69, 9.17) is 14.1 Å². The quantitative estimate of drug-likeness (QED) is 0.446. The fraction of sp³-hybridized carbons (Fsp3) is 0.192. The van der Waals surface area contributed by atoms with Crippen molar-refractivity contribution in [2.45, 2.75) is 6.17 Å². The molecule has 1 amide bonds. The lowest BCUT2D eigenvalue weighted by atomic mass is 10.0. The van der Waals surface area contributed by atoms with Crippen molar-refractivity contribution < 1.29 is 13.9 Å². The number of benzodiazepines with no additional fused rings is 1. The van der Waals surface area contributed by atoms with E-state index in [1.165, 1.54) is 0 Å². The molecule has 36 heavy (non-hydrogen) atoms. The molecule has 180 valence electrons. The Morgan fingerprint density at radius 1 is 0.944 bits per heavy atom. The lowest BCUT2D eigenvalue weighted by Crippen LogP contribution is -2.36. The Hall–Kier alpha value is -4.57. The van der Waals surface area contributed by atoms with Crippen LogP contribution in [0, 0.1) is 0 Å². The molecule has 2 aliphatic rings. The monoisotopic (exact) mass is 481 g/mol. The second kappa shape index (κ2) is 9.59. The van der Waals surface area contributed by atoms with E-state index >= 15 is 0 Å². The lowest BCUT2D eigenvalue weighted by Gasteiger charge is -2.28. The second-order valence-electron chi connectivity index (χ2n) is 8.34. The van der Waals surface area contributed by atoms with Gasteiger partial charge >= 0.3 is 6.01 Å². The number of carbonyl (C=O) groups is 1. The van der Waals surface area contributed by atoms with Gasteiger partial charge in [0.25, 0.3) is 11.8 Å². The molecule has 6 rings (SSSR count). The number of hydrogen-bond acceptors (Lipinski definition) is 9. The number of ether oxygens (including phenoxy) is 1. The summed E-state index contributed by atoms with van der Waals surface area (Å²) < 4.78 is 11.2. The first-order valence-corrected chi connectivity index (χ1v) is 11.7. The largest absolute Gasteiger partial charge is 0.402 e. The Balaban J connectivity index is 1.25. The zero-order valence-electron chi connectivity index (χ0n) is 19.3. The van der Waals surface area contributed by atoms with Crippen LogP contribution in [-0.2, 0) is 9.53 Å². The molecule has 10 nitrogen and oxygen atoms in total. The Morgan fingerprint density at radius 2 is 1.75 bits per heavy atom. The molecule has 4 heterocycles. The van der Waals surface area contributed by atoms with Crippen LogP contribution < -0.4 is 15.5 Å². The van der Waals surface area contributed by atoms with Crippen molar-refractivity contribution in [3.05, 3.63) is 84.1 Å². The van der Waals surface area contributed by atoms with E-state index in [1.54, 1.807) is 6.20 Å². The molecule has 1 saturated heterocycles. The highest BCUT2D eigenvalue weighted by Gasteiger charge is 2.27. The number of para-hydroxylation sites is 1. The number of carbonyl (C=O) groups excluding carboxylic acids is 1. The van der Waals surface area contributed by atoms with Crippen LogP contribution in [-0.4, -0.2) is 59.3 Å². The average molecular weight is 482 g/mol. The minimum absolute atomic E-state index is 0.0753. The van der Waals surface area contributed by atoms with Gasteiger partial charge in [-0.3, -0.25) is 4.79 Å². The fourth-order valence-electron chi connectivity index (χ4n) is 4.20. The predicted octanol–water partition coefficient (Wildman–Crippen LogP) is 3.20. The Labute approximate surface area is 207 Å². The van der Waals surface area contributed by atoms with Crippen molar-refractivity contribution in [1.82, 2.24) is 15.2 Å². The molecule has 2 aromatic carbocycles. The van der Waals surface area contributed by atoms with Gasteiger partial charge in [-0.25, -0.2) is 9.98 Å². The van der Waals surface area contributed by atoms with E-state index < -0.39 is 6.17 Å². The molecule has 0 saturated carbocycles. The van der Waals surface area contributed by atoms with E-state index in [0.29, 0.717) is 30.3 Å². The van der Waals surface area contributed by atoms with Gasteiger partial charge in [-0.05, 0) is 18.2 Å². The van der Waals surface area contributed by atoms with Gasteiger partial charge in [0.05, 0.1) is 36.5 Å². The summed E-state index contributed by atoms with van der Waals surface area (Å²) >= 11 is 0. The highest BCUT2D eigenvalue weighted by molar-refractivity contribution is 6.19. The van der Waals surface area contributed by atoms with Crippen LogP contribution in [0.2, 0.25) is 0 Å². The van der Waals surface area contributed by atoms with E-state index in [-0.39, 0.29) is 17.8 Å². The van der Waals surface area contributed by atoms with Crippen LogP contribution in [0.4, 0.5) is 17.4 Å². The summed E-state index contributed by atoms with van der Waals surface area (Å²) in [5.74, 6) is -0.0864. The van der Waals surface area contributed by atoms with Gasteiger partial charge in [0, 0.05) is 24.2 Å². The van der Waals surface area contributed by atoms with Crippen LogP contribution in [0.1, 0.15) is 11.1 Å². The summed E-state index contributed by atoms with van der Waals surface area (Å²) in [7, 11) is 0. The summed E-state index contributed by atoms with van der Waals surface area (Å²) in [6.45, 7) is 3.06. The third-order valence-electron chi connectivity index (χ3n) is 6.02. The van der Waals surface area contributed by atoms with Crippen LogP contribution >= 0.6 is 0 Å². The van der Waals surface area contributed by atoms with Crippen LogP contribution in [0.25, 0.3) is 11.6 Å². The zero-order valence-corrected chi connectivity index (χ0v) is 19.3. The van der Waals surface area contributed by atoms with Crippen LogP contribution in [0.15, 0.2) is 82.3 Å². The highest BCUT2D eigenvalue weighted by atomic mass is 16.5. The summed E-state index contributed by atoms with van der Waals surface area (Å²) in [6, 6.07) is 21.2. The average Bonchev–Trinajstić information content (AvgIpc) is 3.36. The van der Waals surface area contributed by atoms with Crippen molar-refractivity contribution in [2.24, 2.45) is 4.99 Å². The summed E-state index contributed by atoms with van der Waals surface area (Å²) in [5, 5.41) is 14.1. The highest BCUT2D eigenvalue weighted by Crippen LogP contribution is 2.26. The van der Waals surface area contributed by atoms with E-state index in [2.05, 4.69) is 30.7 Å². The number of aliphatic imine (C=N–C) groups is 1. The molecule has 0 spiro atoms. The third kappa shape index (κ3) is 4.41. The molecular formula is C26H23N7O3. The summed E-state index contributed by atoms with van der Waals surface area (Å²) in [4.78, 5) is 24.5. The smallest absolute Gasteiger partial charge is 0.317 e. The zero-order chi connectivity index (χ0) is 24.3. The molecule has 1 fully saturated rings. The van der Waals surface area contributed by atoms with Crippen LogP contribution in [0.5, 0.6) is 0 Å². The standard InChI is InChI=1S/C26H23N7O3/c34-24-23(29-22(17-6-2-1-3-7-17)19-8-4-5-9-20(19)28-24)30-26-32-31-25(36-26)21-11-10-18(16-27-21)33-12-14-35-15-13-33/h1-11,16,23H,12-15H2,(H,28,34)(H,30,32). The molecule has 0 radical (unpaired) electrons. The number of anilines is 3. The maximum Gasteiger partial charge on any atom is 0.317 e. The third-order valence-corrected chi connectivity index (χ3v) is 6.02. The van der Waals surface area contributed by atoms with Gasteiger partial charge in [0.1, 0.15) is 5.69 Å². The molecule has 2 aromatic heterocycles. The first kappa shape index (κ1) is 21.9. The van der Waals surface area contributed by atoms with Crippen molar-refractivity contribution in [2.75, 3.05) is 41.8 Å². The maximum absolute atomic E-state index is 13.0. The maximum atomic E-state index is 13.0. The van der Waals surface area contributed by atoms with Gasteiger partial charge in [-0.1, -0.05) is 53.6 Å². The first-order valence-electron chi connectivity index (χ1n) is 11.7. The SMILES string of the molecule is O=C1Nc2ccccc2C(c2ccccc2)=NC1Nc1nnc(-c2ccc(N3CCOCC3)cn2)o1. The molecule has 2 N–H and O–H groups in total. The number of hydrogen-bond donors (Lipinski definition) is 2. The number of nitrogens with zero attached hydrogens (tertiary/aromatic N) is 5. The predicted molar refractivity (Wildman–Crippen MR) is 135 cm³/mol. The van der Waals surface area contributed by atoms with E-state index in [0.717, 1.165) is 29.9 Å². The molecule has 4 aromatic rings. The Morgan fingerprint density at radius 3 is 2.56 bits per heavy atom. The lowest BCUT2D eigenvalue weighted by molar-refractivity contribution is -0.116. The first-order chi connectivity index (χ1) is 17.7. The normalized spacial score (nSPS) is 17.6. The second-order valence-corrected chi connectivity index (χ2v) is 8.34. The van der Waals surface area contributed by atoms with Gasteiger partial charge in [0.15, 0.2) is 0 Å². The van der Waals surface area contributed by atoms with E-state index in [9.17, 15) is 4.79 Å². The Kier molecular flexibility index (Phi) is 5.84. The van der Waals surface area contributed by atoms with Gasteiger partial charge in [0.2, 0.25) is 6.17 Å². The van der Waals surface area contributed by atoms with Crippen molar-refractivity contribution in [3.63, 3.8) is 0 Å². The number of amides is 1. The number of fused-ring (bicyclic) bond motifs is 1. The number of benzene rings is 2. The molecule has 2 aliphatic heterocycles. The molecule has 1 unspecified atom stereocenters. The van der Waals surface area contributed by atoms with Gasteiger partial charge in [-0.15, -0.1) is 5.10 Å². The van der Waals surface area contributed by atoms with Gasteiger partial charge in [-0.2, -0.15) is 0 Å². The van der Waals surface area contributed by atoms with Gasteiger partial charge < -0.3 is 24.7 Å². The number of pyridine rings is 1. The van der Waals surface area contributed by atoms with E-state index in [1.807, 2.05) is 66.7 Å². The molecule has 1 atom stereocenters. The topological polar surface area (TPSA) is 118 Å². The summed E-state index contributed by atoms with van der Waals surface area (Å²) in [6.07, 6.45) is 0.808. The number of aromatic nitrogens is 3. The number of nitrogens with one attached hydrogen (secondary N) is 2. The molecular weight excluding hydrogens is 458 g/mol. The minimum Gasteiger partial charge on any atom is -0.402 e. The molecule has 10 heteroatoms.